The molecule has 0 N–H and O–H groups in total. The molecule has 0 saturated heterocycles. The predicted molar refractivity (Wildman–Crippen MR) is 71.9 cm³/mol. The third-order valence-electron chi connectivity index (χ3n) is 2.63. The van der Waals surface area contributed by atoms with Gasteiger partial charge in [-0.2, -0.15) is 8.78 Å². The van der Waals surface area contributed by atoms with Gasteiger partial charge in [0.15, 0.2) is 5.78 Å². The Morgan fingerprint density at radius 3 is 2.76 bits per heavy atom. The van der Waals surface area contributed by atoms with Gasteiger partial charge >= 0.3 is 6.61 Å². The van der Waals surface area contributed by atoms with Crippen LogP contribution in [-0.2, 0) is 0 Å². The smallest absolute Gasteiger partial charge is 0.387 e. The molecule has 0 spiro atoms. The van der Waals surface area contributed by atoms with Gasteiger partial charge in [-0.1, -0.05) is 12.1 Å². The number of halogens is 2. The van der Waals surface area contributed by atoms with E-state index in [2.05, 4.69) is 9.72 Å². The summed E-state index contributed by atoms with van der Waals surface area (Å²) < 4.78 is 34.4. The molecule has 0 aliphatic heterocycles. The molecule has 2 rings (SSSR count). The van der Waals surface area contributed by atoms with Crippen molar-refractivity contribution >= 4 is 5.78 Å². The van der Waals surface area contributed by atoms with E-state index in [1.807, 2.05) is 0 Å². The molecule has 1 heterocycles. The van der Waals surface area contributed by atoms with Gasteiger partial charge < -0.3 is 9.47 Å². The maximum atomic E-state index is 12.4. The summed E-state index contributed by atoms with van der Waals surface area (Å²) in [4.78, 5) is 16.3. The number of nitrogens with zero attached hydrogens (tertiary/aromatic N) is 1. The van der Waals surface area contributed by atoms with Crippen LogP contribution in [0.25, 0.3) is 0 Å². The number of alkyl halides is 2. The van der Waals surface area contributed by atoms with Gasteiger partial charge in [-0.05, 0) is 25.1 Å². The molecule has 0 aliphatic carbocycles. The van der Waals surface area contributed by atoms with Crippen LogP contribution in [0.4, 0.5) is 8.78 Å². The van der Waals surface area contributed by atoms with Crippen molar-refractivity contribution < 1.29 is 23.0 Å². The summed E-state index contributed by atoms with van der Waals surface area (Å²) in [6, 6.07) is 7.35. The van der Waals surface area contributed by atoms with Gasteiger partial charge in [0.25, 0.3) is 0 Å². The first kappa shape index (κ1) is 14.9. The standard InChI is InChI=1S/C15H13F2NO3/c1-2-20-11-7-10(8-18-9-11)14(19)12-5-3-4-6-13(12)21-15(16)17/h3-9,15H,2H2,1H3. The summed E-state index contributed by atoms with van der Waals surface area (Å²) in [6.07, 6.45) is 2.83. The van der Waals surface area contributed by atoms with E-state index in [1.165, 1.54) is 36.7 Å². The Balaban J connectivity index is 2.33. The fourth-order valence-electron chi connectivity index (χ4n) is 1.80. The molecule has 2 aromatic rings. The van der Waals surface area contributed by atoms with Crippen molar-refractivity contribution in [2.45, 2.75) is 13.5 Å². The average Bonchev–Trinajstić information content (AvgIpc) is 2.47. The fraction of sp³-hybridized carbons (Fsp3) is 0.200. The summed E-state index contributed by atoms with van der Waals surface area (Å²) in [6.45, 7) is -0.753. The zero-order chi connectivity index (χ0) is 15.2. The monoisotopic (exact) mass is 293 g/mol. The van der Waals surface area contributed by atoms with Gasteiger partial charge in [0.05, 0.1) is 18.4 Å². The molecule has 1 aromatic heterocycles. The highest BCUT2D eigenvalue weighted by molar-refractivity contribution is 6.10. The van der Waals surface area contributed by atoms with Crippen LogP contribution in [-0.4, -0.2) is 24.0 Å². The number of para-hydroxylation sites is 1. The number of ether oxygens (including phenoxy) is 2. The van der Waals surface area contributed by atoms with Crippen molar-refractivity contribution in [1.29, 1.82) is 0 Å². The predicted octanol–water partition coefficient (Wildman–Crippen LogP) is 3.31. The molecular weight excluding hydrogens is 280 g/mol. The van der Waals surface area contributed by atoms with E-state index in [4.69, 9.17) is 4.74 Å². The van der Waals surface area contributed by atoms with Crippen molar-refractivity contribution in [1.82, 2.24) is 4.98 Å². The number of carbonyl (C=O) groups is 1. The fourth-order valence-corrected chi connectivity index (χ4v) is 1.80. The van der Waals surface area contributed by atoms with Crippen LogP contribution in [0.15, 0.2) is 42.7 Å². The van der Waals surface area contributed by atoms with Gasteiger partial charge in [-0.25, -0.2) is 0 Å². The van der Waals surface area contributed by atoms with E-state index in [9.17, 15) is 13.6 Å². The minimum Gasteiger partial charge on any atom is -0.492 e. The van der Waals surface area contributed by atoms with Gasteiger partial charge in [0, 0.05) is 11.8 Å². The Kier molecular flexibility index (Phi) is 4.81. The van der Waals surface area contributed by atoms with Crippen LogP contribution in [0.1, 0.15) is 22.8 Å². The van der Waals surface area contributed by atoms with Gasteiger partial charge in [0.1, 0.15) is 11.5 Å². The Hall–Kier alpha value is -2.50. The van der Waals surface area contributed by atoms with Crippen LogP contribution in [0.5, 0.6) is 11.5 Å². The molecule has 1 aromatic carbocycles. The van der Waals surface area contributed by atoms with E-state index in [0.717, 1.165) is 0 Å². The van der Waals surface area contributed by atoms with Crippen LogP contribution >= 0.6 is 0 Å². The maximum absolute atomic E-state index is 12.4. The summed E-state index contributed by atoms with van der Waals surface area (Å²) in [5.41, 5.74) is 0.291. The first-order valence-corrected chi connectivity index (χ1v) is 6.28. The SMILES string of the molecule is CCOc1cncc(C(=O)c2ccccc2OC(F)F)c1. The molecular formula is C15H13F2NO3. The topological polar surface area (TPSA) is 48.4 Å². The van der Waals surface area contributed by atoms with Crippen molar-refractivity contribution in [2.75, 3.05) is 6.61 Å². The number of aromatic nitrogens is 1. The molecule has 6 heteroatoms. The van der Waals surface area contributed by atoms with Crippen molar-refractivity contribution in [3.05, 3.63) is 53.9 Å². The quantitative estimate of drug-likeness (QED) is 0.767. The molecule has 0 amide bonds. The molecule has 0 bridgehead atoms. The van der Waals surface area contributed by atoms with E-state index < -0.39 is 12.4 Å². The lowest BCUT2D eigenvalue weighted by atomic mass is 10.0. The molecule has 4 nitrogen and oxygen atoms in total. The Bertz CT molecular complexity index is 632. The Labute approximate surface area is 120 Å². The first-order chi connectivity index (χ1) is 10.1. The molecule has 0 atom stereocenters. The lowest BCUT2D eigenvalue weighted by Crippen LogP contribution is -2.09. The third kappa shape index (κ3) is 3.75. The van der Waals surface area contributed by atoms with Crippen LogP contribution < -0.4 is 9.47 Å². The molecule has 0 aliphatic rings. The van der Waals surface area contributed by atoms with Gasteiger partial charge in [0.2, 0.25) is 0 Å². The van der Waals surface area contributed by atoms with E-state index in [0.29, 0.717) is 12.4 Å². The molecule has 21 heavy (non-hydrogen) atoms. The third-order valence-corrected chi connectivity index (χ3v) is 2.63. The number of carbonyl (C=O) groups excluding carboxylic acids is 1. The van der Waals surface area contributed by atoms with Crippen molar-refractivity contribution in [2.24, 2.45) is 0 Å². The van der Waals surface area contributed by atoms with E-state index >= 15 is 0 Å². The van der Waals surface area contributed by atoms with Crippen LogP contribution in [0.2, 0.25) is 0 Å². The van der Waals surface area contributed by atoms with Gasteiger partial charge in [-0.3, -0.25) is 9.78 Å². The summed E-state index contributed by atoms with van der Waals surface area (Å²) in [5, 5.41) is 0. The zero-order valence-corrected chi connectivity index (χ0v) is 11.3. The zero-order valence-electron chi connectivity index (χ0n) is 11.3. The van der Waals surface area contributed by atoms with E-state index in [-0.39, 0.29) is 16.9 Å². The van der Waals surface area contributed by atoms with Crippen LogP contribution in [0.3, 0.4) is 0 Å². The van der Waals surface area contributed by atoms with Crippen LogP contribution in [0, 0.1) is 0 Å². The average molecular weight is 293 g/mol. The summed E-state index contributed by atoms with van der Waals surface area (Å²) in [7, 11) is 0. The highest BCUT2D eigenvalue weighted by Gasteiger charge is 2.17. The minimum atomic E-state index is -2.99. The van der Waals surface area contributed by atoms with Crippen molar-refractivity contribution in [3.8, 4) is 11.5 Å². The maximum Gasteiger partial charge on any atom is 0.387 e. The highest BCUT2D eigenvalue weighted by atomic mass is 19.3. The molecule has 0 saturated carbocycles. The Morgan fingerprint density at radius 2 is 2.05 bits per heavy atom. The Morgan fingerprint density at radius 1 is 1.29 bits per heavy atom. The lowest BCUT2D eigenvalue weighted by molar-refractivity contribution is -0.0501. The number of benzene rings is 1. The van der Waals surface area contributed by atoms with E-state index in [1.54, 1.807) is 13.0 Å². The largest absolute Gasteiger partial charge is 0.492 e. The summed E-state index contributed by atoms with van der Waals surface area (Å²) >= 11 is 0. The minimum absolute atomic E-state index is 0.0493. The van der Waals surface area contributed by atoms with Crippen molar-refractivity contribution in [3.63, 3.8) is 0 Å². The number of hydrogen-bond donors (Lipinski definition) is 0. The number of ketones is 1. The second-order valence-corrected chi connectivity index (χ2v) is 4.05. The number of rotatable bonds is 6. The second kappa shape index (κ2) is 6.78. The molecule has 0 unspecified atom stereocenters. The van der Waals surface area contributed by atoms with Gasteiger partial charge in [-0.15, -0.1) is 0 Å². The highest BCUT2D eigenvalue weighted by Crippen LogP contribution is 2.24. The molecule has 0 fully saturated rings. The summed E-state index contributed by atoms with van der Waals surface area (Å²) in [5.74, 6) is -0.185. The number of hydrogen-bond acceptors (Lipinski definition) is 4. The molecule has 0 radical (unpaired) electrons. The normalized spacial score (nSPS) is 10.5. The lowest BCUT2D eigenvalue weighted by Gasteiger charge is -2.10. The first-order valence-electron chi connectivity index (χ1n) is 6.28. The number of pyridine rings is 1. The molecule has 110 valence electrons. The second-order valence-electron chi connectivity index (χ2n) is 4.05.